The third-order valence-corrected chi connectivity index (χ3v) is 5.86. The molecule has 0 saturated carbocycles. The molecule has 0 aliphatic heterocycles. The van der Waals surface area contributed by atoms with Gasteiger partial charge >= 0.3 is 5.97 Å². The number of benzene rings is 5. The van der Waals surface area contributed by atoms with Crippen LogP contribution in [0.5, 0.6) is 0 Å². The van der Waals surface area contributed by atoms with Crippen molar-refractivity contribution in [3.63, 3.8) is 0 Å². The number of carbonyl (C=O) groups excluding carboxylic acids is 1. The fraction of sp³-hybridized carbons (Fsp3) is 0.0741. The van der Waals surface area contributed by atoms with E-state index in [1.54, 1.807) is 0 Å². The number of ether oxygens (including phenoxy) is 1. The van der Waals surface area contributed by atoms with Crippen molar-refractivity contribution in [2.75, 3.05) is 6.61 Å². The second kappa shape index (κ2) is 6.33. The molecule has 0 fully saturated rings. The van der Waals surface area contributed by atoms with Crippen molar-refractivity contribution in [2.45, 2.75) is 6.92 Å². The lowest BCUT2D eigenvalue weighted by molar-refractivity contribution is 0.0527. The molecule has 0 amide bonds. The molecule has 0 spiro atoms. The highest BCUT2D eigenvalue weighted by Gasteiger charge is 2.18. The van der Waals surface area contributed by atoms with Crippen LogP contribution in [0.2, 0.25) is 0 Å². The summed E-state index contributed by atoms with van der Waals surface area (Å²) in [7, 11) is 0. The summed E-state index contributed by atoms with van der Waals surface area (Å²) in [5.74, 6) is -0.296. The maximum atomic E-state index is 12.5. The van der Waals surface area contributed by atoms with Crippen LogP contribution in [0.3, 0.4) is 0 Å². The minimum absolute atomic E-state index is 0.296. The number of esters is 1. The van der Waals surface area contributed by atoms with Gasteiger partial charge in [-0.15, -0.1) is 0 Å². The third kappa shape index (κ3) is 2.29. The summed E-state index contributed by atoms with van der Waals surface area (Å²) in [6.07, 6.45) is 0. The van der Waals surface area contributed by atoms with Gasteiger partial charge in [0.25, 0.3) is 0 Å². The van der Waals surface area contributed by atoms with E-state index in [1.165, 1.54) is 16.2 Å². The van der Waals surface area contributed by atoms with Gasteiger partial charge in [0.15, 0.2) is 0 Å². The van der Waals surface area contributed by atoms with Crippen LogP contribution in [-0.2, 0) is 4.74 Å². The van der Waals surface area contributed by atoms with Crippen LogP contribution < -0.4 is 0 Å². The van der Waals surface area contributed by atoms with Gasteiger partial charge in [-0.05, 0) is 63.9 Å². The second-order valence-electron chi connectivity index (χ2n) is 7.49. The molecule has 30 heavy (non-hydrogen) atoms. The molecule has 0 aliphatic carbocycles. The van der Waals surface area contributed by atoms with Crippen molar-refractivity contribution in [2.24, 2.45) is 0 Å². The van der Waals surface area contributed by atoms with Gasteiger partial charge in [0.05, 0.1) is 12.2 Å². The minimum Gasteiger partial charge on any atom is -0.462 e. The molecular formula is C27H18O3. The molecule has 0 N–H and O–H groups in total. The molecule has 6 aromatic rings. The van der Waals surface area contributed by atoms with Crippen LogP contribution in [0.25, 0.3) is 54.6 Å². The van der Waals surface area contributed by atoms with Crippen molar-refractivity contribution >= 4 is 49.5 Å². The van der Waals surface area contributed by atoms with Gasteiger partial charge in [0.1, 0.15) is 11.2 Å². The quantitative estimate of drug-likeness (QED) is 0.237. The molecule has 144 valence electrons. The monoisotopic (exact) mass is 390 g/mol. The standard InChI is InChI=1S/C27H18O3/c1-2-29-27(28)21-8-4-3-7-17(21)16-13-14-18-19-9-5-11-23-25(19)26-20(22(18)15-16)10-6-12-24(26)30-23/h3-15H,2H2,1H3. The van der Waals surface area contributed by atoms with Crippen LogP contribution in [0.15, 0.2) is 83.3 Å². The Balaban J connectivity index is 1.70. The summed E-state index contributed by atoms with van der Waals surface area (Å²) in [6, 6.07) is 26.4. The molecule has 1 heterocycles. The van der Waals surface area contributed by atoms with Gasteiger partial charge in [0.2, 0.25) is 0 Å². The molecule has 0 bridgehead atoms. The van der Waals surface area contributed by atoms with Crippen molar-refractivity contribution in [3.8, 4) is 11.1 Å². The zero-order valence-electron chi connectivity index (χ0n) is 16.4. The van der Waals surface area contributed by atoms with Crippen molar-refractivity contribution in [1.82, 2.24) is 0 Å². The Labute approximate surface area is 172 Å². The number of furan rings is 1. The first kappa shape index (κ1) is 17.0. The molecule has 6 rings (SSSR count). The maximum Gasteiger partial charge on any atom is 0.338 e. The normalized spacial score (nSPS) is 11.8. The van der Waals surface area contributed by atoms with Gasteiger partial charge in [0, 0.05) is 10.8 Å². The summed E-state index contributed by atoms with van der Waals surface area (Å²) in [5, 5.41) is 7.01. The van der Waals surface area contributed by atoms with E-state index < -0.39 is 0 Å². The first-order valence-corrected chi connectivity index (χ1v) is 10.1. The predicted octanol–water partition coefficient (Wildman–Crippen LogP) is 7.17. The SMILES string of the molecule is CCOC(=O)c1ccccc1-c1ccc2c(c1)c1cccc3oc4cccc2c4c31. The van der Waals surface area contributed by atoms with Gasteiger partial charge < -0.3 is 9.15 Å². The molecule has 1 aromatic heterocycles. The molecule has 5 aromatic carbocycles. The summed E-state index contributed by atoms with van der Waals surface area (Å²) in [5.41, 5.74) is 4.27. The number of hydrogen-bond acceptors (Lipinski definition) is 3. The number of hydrogen-bond donors (Lipinski definition) is 0. The summed E-state index contributed by atoms with van der Waals surface area (Å²) in [6.45, 7) is 2.18. The topological polar surface area (TPSA) is 39.4 Å². The Morgan fingerprint density at radius 2 is 1.47 bits per heavy atom. The Morgan fingerprint density at radius 3 is 2.20 bits per heavy atom. The van der Waals surface area contributed by atoms with Crippen LogP contribution in [0.1, 0.15) is 17.3 Å². The van der Waals surface area contributed by atoms with Crippen LogP contribution >= 0.6 is 0 Å². The summed E-state index contributed by atoms with van der Waals surface area (Å²) < 4.78 is 11.4. The Morgan fingerprint density at radius 1 is 0.767 bits per heavy atom. The van der Waals surface area contributed by atoms with Gasteiger partial charge in [-0.3, -0.25) is 0 Å². The summed E-state index contributed by atoms with van der Waals surface area (Å²) >= 11 is 0. The van der Waals surface area contributed by atoms with Gasteiger partial charge in [-0.2, -0.15) is 0 Å². The first-order chi connectivity index (χ1) is 14.8. The fourth-order valence-corrected chi connectivity index (χ4v) is 4.61. The summed E-state index contributed by atoms with van der Waals surface area (Å²) in [4.78, 5) is 12.5. The maximum absolute atomic E-state index is 12.5. The average Bonchev–Trinajstić information content (AvgIpc) is 3.18. The number of fused-ring (bicyclic) bond motifs is 3. The lowest BCUT2D eigenvalue weighted by atomic mass is 9.91. The van der Waals surface area contributed by atoms with E-state index in [2.05, 4.69) is 30.3 Å². The van der Waals surface area contributed by atoms with Gasteiger partial charge in [-0.1, -0.05) is 54.6 Å². The number of rotatable bonds is 3. The Kier molecular flexibility index (Phi) is 3.59. The minimum atomic E-state index is -0.296. The lowest BCUT2D eigenvalue weighted by Crippen LogP contribution is -2.06. The highest BCUT2D eigenvalue weighted by molar-refractivity contribution is 6.33. The highest BCUT2D eigenvalue weighted by Crippen LogP contribution is 2.43. The molecule has 3 heteroatoms. The predicted molar refractivity (Wildman–Crippen MR) is 121 cm³/mol. The first-order valence-electron chi connectivity index (χ1n) is 10.1. The fourth-order valence-electron chi connectivity index (χ4n) is 4.61. The number of carbonyl (C=O) groups is 1. The van der Waals surface area contributed by atoms with E-state index in [0.29, 0.717) is 12.2 Å². The smallest absolute Gasteiger partial charge is 0.338 e. The lowest BCUT2D eigenvalue weighted by Gasteiger charge is -2.12. The van der Waals surface area contributed by atoms with Crippen LogP contribution in [0.4, 0.5) is 0 Å². The molecule has 0 unspecified atom stereocenters. The molecular weight excluding hydrogens is 372 g/mol. The Bertz CT molecular complexity index is 1570. The van der Waals surface area contributed by atoms with E-state index in [9.17, 15) is 4.79 Å². The molecule has 0 aliphatic rings. The molecule has 0 radical (unpaired) electrons. The highest BCUT2D eigenvalue weighted by atomic mass is 16.5. The molecule has 0 atom stereocenters. The van der Waals surface area contributed by atoms with E-state index >= 15 is 0 Å². The van der Waals surface area contributed by atoms with Crippen LogP contribution in [-0.4, -0.2) is 12.6 Å². The zero-order valence-corrected chi connectivity index (χ0v) is 16.4. The van der Waals surface area contributed by atoms with E-state index in [1.807, 2.05) is 55.5 Å². The molecule has 3 nitrogen and oxygen atoms in total. The van der Waals surface area contributed by atoms with Crippen molar-refractivity contribution in [3.05, 3.63) is 84.4 Å². The van der Waals surface area contributed by atoms with Crippen LogP contribution in [0, 0.1) is 0 Å². The van der Waals surface area contributed by atoms with E-state index in [-0.39, 0.29) is 5.97 Å². The Hall–Kier alpha value is -3.85. The van der Waals surface area contributed by atoms with Crippen molar-refractivity contribution in [1.29, 1.82) is 0 Å². The van der Waals surface area contributed by atoms with Gasteiger partial charge in [-0.25, -0.2) is 4.79 Å². The zero-order chi connectivity index (χ0) is 20.2. The second-order valence-corrected chi connectivity index (χ2v) is 7.49. The molecule has 0 saturated heterocycles. The van der Waals surface area contributed by atoms with Crippen molar-refractivity contribution < 1.29 is 13.9 Å². The van der Waals surface area contributed by atoms with E-state index in [0.717, 1.165) is 38.5 Å². The average molecular weight is 390 g/mol. The third-order valence-electron chi connectivity index (χ3n) is 5.86. The largest absolute Gasteiger partial charge is 0.462 e. The van der Waals surface area contributed by atoms with E-state index in [4.69, 9.17) is 9.15 Å².